The van der Waals surface area contributed by atoms with Crippen LogP contribution in [0, 0.1) is 13.8 Å². The van der Waals surface area contributed by atoms with E-state index in [1.54, 1.807) is 38.1 Å². The molecular formula is C26H37N3O7S2. The molecule has 1 amide bonds. The first-order valence-electron chi connectivity index (χ1n) is 11.9. The highest BCUT2D eigenvalue weighted by Gasteiger charge is 2.23. The van der Waals surface area contributed by atoms with Gasteiger partial charge in [0.2, 0.25) is 0 Å². The molecule has 0 aliphatic rings. The van der Waals surface area contributed by atoms with Gasteiger partial charge in [0.15, 0.2) is 25.6 Å². The number of guanidine groups is 1. The minimum atomic E-state index is -3.43. The SMILES string of the molecule is CCCc1c(C(=O)N=C(N)N)ccc(C)c1S(C)(=O)=O.CCCc1c(C(=O)OC)ccc(C)c1S(C)(=O)=O. The highest BCUT2D eigenvalue weighted by Crippen LogP contribution is 2.27. The van der Waals surface area contributed by atoms with Gasteiger partial charge < -0.3 is 16.2 Å². The van der Waals surface area contributed by atoms with Gasteiger partial charge in [0.25, 0.3) is 5.91 Å². The Labute approximate surface area is 225 Å². The van der Waals surface area contributed by atoms with Crippen LogP contribution in [0.15, 0.2) is 39.0 Å². The second-order valence-corrected chi connectivity index (χ2v) is 12.8. The quantitative estimate of drug-likeness (QED) is 0.276. The maximum absolute atomic E-state index is 12.0. The van der Waals surface area contributed by atoms with Crippen LogP contribution in [0.25, 0.3) is 0 Å². The molecule has 0 bridgehead atoms. The number of carbonyl (C=O) groups is 2. The molecule has 0 saturated heterocycles. The van der Waals surface area contributed by atoms with Crippen molar-refractivity contribution >= 4 is 37.5 Å². The molecule has 0 atom stereocenters. The summed E-state index contributed by atoms with van der Waals surface area (Å²) in [4.78, 5) is 27.6. The van der Waals surface area contributed by atoms with Crippen molar-refractivity contribution in [3.63, 3.8) is 0 Å². The molecule has 0 aromatic heterocycles. The summed E-state index contributed by atoms with van der Waals surface area (Å²) in [5.74, 6) is -1.47. The second-order valence-electron chi connectivity index (χ2n) is 8.85. The van der Waals surface area contributed by atoms with E-state index in [4.69, 9.17) is 16.2 Å². The Balaban J connectivity index is 0.000000382. The third kappa shape index (κ3) is 8.38. The lowest BCUT2D eigenvalue weighted by atomic mass is 10.00. The second kappa shape index (κ2) is 13.5. The Kier molecular flexibility index (Phi) is 11.7. The lowest BCUT2D eigenvalue weighted by molar-refractivity contribution is 0.0599. The Morgan fingerprint density at radius 3 is 1.53 bits per heavy atom. The third-order valence-electron chi connectivity index (χ3n) is 5.52. The number of rotatable bonds is 8. The van der Waals surface area contributed by atoms with E-state index in [1.165, 1.54) is 7.11 Å². The van der Waals surface area contributed by atoms with Gasteiger partial charge in [-0.3, -0.25) is 4.79 Å². The molecule has 0 saturated carbocycles. The Bertz CT molecular complexity index is 1440. The minimum absolute atomic E-state index is 0.191. The van der Waals surface area contributed by atoms with Crippen molar-refractivity contribution < 1.29 is 31.2 Å². The summed E-state index contributed by atoms with van der Waals surface area (Å²) >= 11 is 0. The van der Waals surface area contributed by atoms with Crippen LogP contribution in [0.5, 0.6) is 0 Å². The average Bonchev–Trinajstić information content (AvgIpc) is 2.77. The van der Waals surface area contributed by atoms with E-state index in [-0.39, 0.29) is 21.3 Å². The molecule has 2 aromatic rings. The number of hydrogen-bond donors (Lipinski definition) is 2. The van der Waals surface area contributed by atoms with Gasteiger partial charge in [-0.1, -0.05) is 38.8 Å². The topological polar surface area (TPSA) is 176 Å². The van der Waals surface area contributed by atoms with Gasteiger partial charge in [0.1, 0.15) is 0 Å². The first-order chi connectivity index (χ1) is 17.5. The molecule has 2 rings (SSSR count). The molecule has 0 aliphatic carbocycles. The predicted octanol–water partition coefficient (Wildman–Crippen LogP) is 2.90. The van der Waals surface area contributed by atoms with Crippen molar-refractivity contribution in [2.45, 2.75) is 63.2 Å². The number of benzene rings is 2. The number of carbonyl (C=O) groups excluding carboxylic acids is 2. The highest BCUT2D eigenvalue weighted by molar-refractivity contribution is 7.91. The van der Waals surface area contributed by atoms with Crippen LogP contribution in [0.4, 0.5) is 0 Å². The van der Waals surface area contributed by atoms with Gasteiger partial charge >= 0.3 is 5.97 Å². The van der Waals surface area contributed by atoms with Crippen LogP contribution in [0.2, 0.25) is 0 Å². The molecule has 210 valence electrons. The molecule has 38 heavy (non-hydrogen) atoms. The maximum atomic E-state index is 12.0. The van der Waals surface area contributed by atoms with Crippen LogP contribution in [-0.2, 0) is 37.3 Å². The van der Waals surface area contributed by atoms with Crippen LogP contribution in [0.3, 0.4) is 0 Å². The largest absolute Gasteiger partial charge is 0.465 e. The fourth-order valence-corrected chi connectivity index (χ4v) is 6.82. The van der Waals surface area contributed by atoms with Crippen molar-refractivity contribution in [3.05, 3.63) is 57.6 Å². The van der Waals surface area contributed by atoms with Crippen LogP contribution < -0.4 is 11.5 Å². The van der Waals surface area contributed by atoms with Crippen LogP contribution in [-0.4, -0.2) is 54.3 Å². The number of nitrogens with zero attached hydrogens (tertiary/aromatic N) is 1. The van der Waals surface area contributed by atoms with Gasteiger partial charge in [-0.15, -0.1) is 0 Å². The van der Waals surface area contributed by atoms with Gasteiger partial charge in [-0.25, -0.2) is 21.6 Å². The molecule has 0 spiro atoms. The summed E-state index contributed by atoms with van der Waals surface area (Å²) in [6.07, 6.45) is 4.75. The number of hydrogen-bond acceptors (Lipinski definition) is 7. The van der Waals surface area contributed by atoms with E-state index in [9.17, 15) is 26.4 Å². The molecule has 0 fully saturated rings. The number of nitrogens with two attached hydrogens (primary N) is 2. The van der Waals surface area contributed by atoms with Crippen molar-refractivity contribution in [2.24, 2.45) is 16.5 Å². The van der Waals surface area contributed by atoms with Gasteiger partial charge in [0, 0.05) is 18.1 Å². The molecule has 12 heteroatoms. The highest BCUT2D eigenvalue weighted by atomic mass is 32.2. The first-order valence-corrected chi connectivity index (χ1v) is 15.7. The predicted molar refractivity (Wildman–Crippen MR) is 148 cm³/mol. The lowest BCUT2D eigenvalue weighted by Crippen LogP contribution is -2.24. The standard InChI is InChI=1S/C13H19N3O3S.C13H18O4S/c1-4-5-9-10(12(17)16-13(14)15)7-6-8(2)11(9)20(3,18)19;1-5-6-10-11(13(14)17-3)8-7-9(2)12(10)18(4,15)16/h6-7H,4-5H2,1-3H3,(H4,14,15,16,17);7-8H,5-6H2,1-4H3. The number of aliphatic imine (C=N–C) groups is 1. The lowest BCUT2D eigenvalue weighted by Gasteiger charge is -2.14. The summed E-state index contributed by atoms with van der Waals surface area (Å²) in [6.45, 7) is 7.28. The summed E-state index contributed by atoms with van der Waals surface area (Å²) in [7, 11) is -5.50. The fourth-order valence-electron chi connectivity index (χ4n) is 4.20. The van der Waals surface area contributed by atoms with Crippen molar-refractivity contribution in [2.75, 3.05) is 19.6 Å². The third-order valence-corrected chi connectivity index (χ3v) is 8.14. The number of aryl methyl sites for hydroxylation is 2. The minimum Gasteiger partial charge on any atom is -0.465 e. The van der Waals surface area contributed by atoms with E-state index in [1.807, 2.05) is 13.8 Å². The zero-order valence-electron chi connectivity index (χ0n) is 22.9. The molecule has 0 aliphatic heterocycles. The smallest absolute Gasteiger partial charge is 0.338 e. The number of methoxy groups -OCH3 is 1. The average molecular weight is 568 g/mol. The number of ether oxygens (including phenoxy) is 1. The monoisotopic (exact) mass is 567 g/mol. The van der Waals surface area contributed by atoms with E-state index >= 15 is 0 Å². The molecule has 4 N–H and O–H groups in total. The Morgan fingerprint density at radius 2 is 1.18 bits per heavy atom. The molecule has 10 nitrogen and oxygen atoms in total. The zero-order valence-corrected chi connectivity index (χ0v) is 24.5. The van der Waals surface area contributed by atoms with E-state index in [0.717, 1.165) is 18.9 Å². The summed E-state index contributed by atoms with van der Waals surface area (Å²) in [5.41, 5.74) is 13.3. The van der Waals surface area contributed by atoms with E-state index in [0.29, 0.717) is 47.1 Å². The van der Waals surface area contributed by atoms with E-state index < -0.39 is 31.6 Å². The Hall–Kier alpha value is -3.25. The number of amides is 1. The van der Waals surface area contributed by atoms with Crippen molar-refractivity contribution in [3.8, 4) is 0 Å². The van der Waals surface area contributed by atoms with Crippen LogP contribution >= 0.6 is 0 Å². The number of esters is 1. The maximum Gasteiger partial charge on any atom is 0.338 e. The first kappa shape index (κ1) is 32.8. The van der Waals surface area contributed by atoms with E-state index in [2.05, 4.69) is 4.99 Å². The molecule has 2 aromatic carbocycles. The summed E-state index contributed by atoms with van der Waals surface area (Å²) < 4.78 is 52.3. The normalized spacial score (nSPS) is 11.2. The van der Waals surface area contributed by atoms with Gasteiger partial charge in [-0.05, 0) is 61.1 Å². The fraction of sp³-hybridized carbons (Fsp3) is 0.423. The molecule has 0 radical (unpaired) electrons. The zero-order chi connectivity index (χ0) is 29.4. The molecule has 0 heterocycles. The van der Waals surface area contributed by atoms with Crippen molar-refractivity contribution in [1.29, 1.82) is 0 Å². The number of sulfone groups is 2. The summed E-state index contributed by atoms with van der Waals surface area (Å²) in [5, 5.41) is 0. The van der Waals surface area contributed by atoms with Gasteiger partial charge in [0.05, 0.1) is 22.5 Å². The summed E-state index contributed by atoms with van der Waals surface area (Å²) in [6, 6.07) is 6.41. The van der Waals surface area contributed by atoms with Crippen LogP contribution in [0.1, 0.15) is 69.7 Å². The van der Waals surface area contributed by atoms with Gasteiger partial charge in [-0.2, -0.15) is 4.99 Å². The molecule has 0 unspecified atom stereocenters. The molecular weight excluding hydrogens is 530 g/mol. The van der Waals surface area contributed by atoms with Crippen molar-refractivity contribution in [1.82, 2.24) is 0 Å². The Morgan fingerprint density at radius 1 is 0.789 bits per heavy atom.